The number of carbonyl (C=O) groups excluding carboxylic acids is 2. The lowest BCUT2D eigenvalue weighted by atomic mass is 9.91. The van der Waals surface area contributed by atoms with Gasteiger partial charge in [0.05, 0.1) is 18.2 Å². The first-order valence-corrected chi connectivity index (χ1v) is 41.9. The summed E-state index contributed by atoms with van der Waals surface area (Å²) in [5.41, 5.74) is 9.51. The van der Waals surface area contributed by atoms with Gasteiger partial charge in [-0.25, -0.2) is 0 Å². The van der Waals surface area contributed by atoms with Gasteiger partial charge in [-0.05, 0) is 113 Å². The van der Waals surface area contributed by atoms with Crippen molar-refractivity contribution in [3.05, 3.63) is 393 Å². The molecule has 2 amide bonds. The van der Waals surface area contributed by atoms with E-state index in [1.807, 2.05) is 267 Å². The van der Waals surface area contributed by atoms with Gasteiger partial charge in [0.25, 0.3) is 11.8 Å². The van der Waals surface area contributed by atoms with Crippen molar-refractivity contribution in [1.29, 1.82) is 0 Å². The molecule has 23 heteroatoms. The van der Waals surface area contributed by atoms with Gasteiger partial charge in [0.1, 0.15) is 99.6 Å². The fourth-order valence-electron chi connectivity index (χ4n) is 14.8. The van der Waals surface area contributed by atoms with Crippen LogP contribution in [0.2, 0.25) is 0 Å². The molecule has 14 aromatic carbocycles. The number of phenolic OH excluding ortho intramolecular Hbond substituents is 8. The Morgan fingerprint density at radius 2 is 0.638 bits per heavy atom. The predicted molar refractivity (Wildman–Crippen MR) is 493 cm³/mol. The first-order valence-electron chi connectivity index (χ1n) is 41.9. The molecule has 130 heavy (non-hydrogen) atoms. The smallest absolute Gasteiger partial charge is 0.251 e. The summed E-state index contributed by atoms with van der Waals surface area (Å²) in [5, 5.41) is 84.5. The molecule has 0 radical (unpaired) electrons. The van der Waals surface area contributed by atoms with E-state index in [9.17, 15) is 45.6 Å². The molecule has 1 fully saturated rings. The maximum absolute atomic E-state index is 15.7. The molecule has 0 spiro atoms. The first kappa shape index (κ1) is 92.1. The van der Waals surface area contributed by atoms with Crippen molar-refractivity contribution in [3.63, 3.8) is 0 Å². The van der Waals surface area contributed by atoms with Crippen LogP contribution in [-0.2, 0) is 70.4 Å². The summed E-state index contributed by atoms with van der Waals surface area (Å²) in [4.78, 5) is 28.5. The summed E-state index contributed by atoms with van der Waals surface area (Å²) in [5.74, 6) is -2.08. The lowest BCUT2D eigenvalue weighted by Gasteiger charge is -2.36. The number of fused-ring (bicyclic) bond motifs is 2. The number of rotatable bonds is 30. The number of hydrogen-bond donors (Lipinski definition) is 10. The average molecular weight is 1750 g/mol. The number of ether oxygens (including phenoxy) is 11. The summed E-state index contributed by atoms with van der Waals surface area (Å²) in [6.07, 6.45) is 1.37. The van der Waals surface area contributed by atoms with Crippen LogP contribution in [0.1, 0.15) is 134 Å². The highest BCUT2D eigenvalue weighted by molar-refractivity contribution is 5.97. The number of nitrogens with one attached hydrogen (secondary N) is 2. The molecule has 5 atom stereocenters. The molecule has 10 N–H and O–H groups in total. The molecular formula is C107H104N2O21. The van der Waals surface area contributed by atoms with E-state index in [1.54, 1.807) is 12.1 Å². The summed E-state index contributed by atoms with van der Waals surface area (Å²) < 4.78 is 72.2. The van der Waals surface area contributed by atoms with Gasteiger partial charge in [0.15, 0.2) is 57.5 Å². The van der Waals surface area contributed by atoms with E-state index in [0.717, 1.165) is 87.0 Å². The largest absolute Gasteiger partial charge is 0.508 e. The number of carbonyl (C=O) groups is 2. The summed E-state index contributed by atoms with van der Waals surface area (Å²) in [6.45, 7) is 4.95. The highest BCUT2D eigenvalue weighted by Crippen LogP contribution is 2.50. The molecule has 3 aliphatic rings. The molecule has 0 aliphatic carbocycles. The molecular weight excluding hydrogens is 1650 g/mol. The SMILES string of the molecule is C.C.CC1CCCO1.O=C(N[C@@H]1Cc2c(O)cc(O)cc2O[C@@H]1c1cc(O)c(O)c(O)c1)c1cc(O)c(O)c(O)c1.O=C(N[C@@H]1Cc2c(OCc3ccccc3)cc(OCc3ccccc3)cc2O[C@@H]1c1cc(OCc2ccccc2)c(OCc2ccccc2)c(OCc2ccccc2)c1)c1cc(OCc2ccccc2)c(OCc2ccccc2)c(OCc2ccccc2)c1. The van der Waals surface area contributed by atoms with E-state index in [1.165, 1.54) is 18.9 Å². The number of aromatic hydroxyl groups is 8. The molecule has 668 valence electrons. The first-order chi connectivity index (χ1) is 62.4. The monoisotopic (exact) mass is 1750 g/mol. The van der Waals surface area contributed by atoms with Gasteiger partial charge in [0, 0.05) is 77.1 Å². The van der Waals surface area contributed by atoms with E-state index in [0.29, 0.717) is 70.0 Å². The Kier molecular flexibility index (Phi) is 31.5. The normalized spacial score (nSPS) is 14.9. The zero-order chi connectivity index (χ0) is 88.7. The van der Waals surface area contributed by atoms with Gasteiger partial charge >= 0.3 is 0 Å². The van der Waals surface area contributed by atoms with Crippen molar-refractivity contribution in [3.8, 4) is 103 Å². The minimum Gasteiger partial charge on any atom is -0.508 e. The molecule has 14 aromatic rings. The van der Waals surface area contributed by atoms with Gasteiger partial charge in [0.2, 0.25) is 11.5 Å². The number of hydrogen-bond acceptors (Lipinski definition) is 21. The lowest BCUT2D eigenvalue weighted by molar-refractivity contribution is 0.0829. The lowest BCUT2D eigenvalue weighted by Crippen LogP contribution is -2.45. The van der Waals surface area contributed by atoms with Gasteiger partial charge in [-0.2, -0.15) is 0 Å². The zero-order valence-corrected chi connectivity index (χ0v) is 70.0. The molecule has 23 nitrogen and oxygen atoms in total. The molecule has 1 saturated heterocycles. The third-order valence-electron chi connectivity index (χ3n) is 21.5. The van der Waals surface area contributed by atoms with Crippen LogP contribution >= 0.6 is 0 Å². The maximum Gasteiger partial charge on any atom is 0.251 e. The standard InChI is InChI=1S/C78H67NO10.C22H19NO10.C5H10O.2CH4/c80-78(65-43-73(85-52-60-33-17-5-18-34-60)77(88-55-63-39-23-8-24-40-63)74(44-65)86-53-61-35-19-6-20-36-61)79-68-47-67-69(82-49-57-27-11-2-12-28-57)45-66(81-48-56-25-9-1-10-26-56)46-70(67)89-75(68)64-41-71(83-50-58-29-13-3-14-30-58)76(87-54-62-37-21-7-22-38-62)72(42-64)84-51-59-31-15-4-16-32-59;24-10-5-13(25)11-7-12(23-22(32)9-3-16(28)20(31)17(29)4-9)21(33-18(11)6-10)8-1-14(26)19(30)15(27)2-8;1-5-3-2-4-6-5;;/h1-46,68,75H,47-55H2,(H,79,80);1-6,12,21,24-31H,7H2,(H,23,32);5H,2-4H2,1H3;2*1H4/t68-,75-;12-,21-;;;/m11.../s1. The van der Waals surface area contributed by atoms with Gasteiger partial charge in [-0.15, -0.1) is 0 Å². The van der Waals surface area contributed by atoms with Crippen LogP contribution in [0.15, 0.2) is 315 Å². The Labute approximate surface area is 755 Å². The molecule has 0 saturated carbocycles. The number of amides is 2. The second-order valence-electron chi connectivity index (χ2n) is 30.9. The fraction of sp³-hybridized carbons (Fsp3) is 0.196. The molecule has 0 aromatic heterocycles. The third-order valence-corrected chi connectivity index (χ3v) is 21.5. The Morgan fingerprint density at radius 1 is 0.331 bits per heavy atom. The van der Waals surface area contributed by atoms with E-state index in [-0.39, 0.29) is 113 Å². The van der Waals surface area contributed by atoms with Crippen molar-refractivity contribution in [2.24, 2.45) is 0 Å². The fourth-order valence-corrected chi connectivity index (χ4v) is 14.8. The zero-order valence-electron chi connectivity index (χ0n) is 70.0. The highest BCUT2D eigenvalue weighted by atomic mass is 16.6. The second-order valence-corrected chi connectivity index (χ2v) is 30.9. The number of phenols is 8. The molecule has 1 unspecified atom stereocenters. The molecule has 3 heterocycles. The van der Waals surface area contributed by atoms with Crippen molar-refractivity contribution in [2.75, 3.05) is 6.61 Å². The Balaban J connectivity index is 0.000000290. The second kappa shape index (κ2) is 44.5. The topological polar surface area (TPSA) is 322 Å². The predicted octanol–water partition coefficient (Wildman–Crippen LogP) is 21.1. The van der Waals surface area contributed by atoms with E-state index in [4.69, 9.17) is 52.1 Å². The van der Waals surface area contributed by atoms with Crippen LogP contribution in [0.25, 0.3) is 0 Å². The van der Waals surface area contributed by atoms with E-state index in [2.05, 4.69) is 17.6 Å². The van der Waals surface area contributed by atoms with Crippen molar-refractivity contribution in [1.82, 2.24) is 10.6 Å². The molecule has 3 aliphatic heterocycles. The summed E-state index contributed by atoms with van der Waals surface area (Å²) in [6, 6.07) is 95.4. The maximum atomic E-state index is 15.7. The molecule has 17 rings (SSSR count). The summed E-state index contributed by atoms with van der Waals surface area (Å²) >= 11 is 0. The van der Waals surface area contributed by atoms with Gasteiger partial charge in [-0.1, -0.05) is 258 Å². The van der Waals surface area contributed by atoms with Gasteiger partial charge < -0.3 is 104 Å². The quantitative estimate of drug-likeness (QED) is 0.0187. The van der Waals surface area contributed by atoms with Crippen molar-refractivity contribution >= 4 is 11.8 Å². The summed E-state index contributed by atoms with van der Waals surface area (Å²) in [7, 11) is 0. The Hall–Kier alpha value is -15.6. The van der Waals surface area contributed by atoms with Crippen LogP contribution in [0, 0.1) is 0 Å². The Morgan fingerprint density at radius 3 is 0.985 bits per heavy atom. The van der Waals surface area contributed by atoms with Crippen LogP contribution in [0.3, 0.4) is 0 Å². The van der Waals surface area contributed by atoms with E-state index < -0.39 is 70.6 Å². The van der Waals surface area contributed by atoms with Crippen LogP contribution in [0.4, 0.5) is 0 Å². The van der Waals surface area contributed by atoms with Crippen LogP contribution < -0.4 is 58.0 Å². The number of benzene rings is 14. The van der Waals surface area contributed by atoms with Crippen molar-refractivity contribution in [2.45, 2.75) is 131 Å². The van der Waals surface area contributed by atoms with E-state index >= 15 is 4.79 Å². The minimum atomic E-state index is -1.07. The Bertz CT molecular complexity index is 5860. The van der Waals surface area contributed by atoms with Crippen LogP contribution in [0.5, 0.6) is 103 Å². The minimum absolute atomic E-state index is 0. The van der Waals surface area contributed by atoms with Crippen LogP contribution in [-0.4, -0.2) is 77.5 Å². The van der Waals surface area contributed by atoms with Crippen molar-refractivity contribution < 1.29 is 103 Å². The highest BCUT2D eigenvalue weighted by Gasteiger charge is 2.39. The average Bonchev–Trinajstić information content (AvgIpc) is 0.796. The van der Waals surface area contributed by atoms with Gasteiger partial charge in [-0.3, -0.25) is 9.59 Å². The molecule has 0 bridgehead atoms. The third kappa shape index (κ3) is 24.3.